The van der Waals surface area contributed by atoms with E-state index in [0.717, 1.165) is 48.0 Å². The van der Waals surface area contributed by atoms with Crippen LogP contribution in [0.2, 0.25) is 5.02 Å². The molecular formula is C36H55ClNO3+. The van der Waals surface area contributed by atoms with Crippen LogP contribution in [0.5, 0.6) is 11.5 Å². The molecule has 2 aliphatic rings. The second-order valence-corrected chi connectivity index (χ2v) is 13.3. The van der Waals surface area contributed by atoms with Crippen LogP contribution in [0.15, 0.2) is 42.5 Å². The molecule has 0 radical (unpaired) electrons. The van der Waals surface area contributed by atoms with Crippen LogP contribution in [0.3, 0.4) is 0 Å². The highest BCUT2D eigenvalue weighted by Crippen LogP contribution is 2.51. The van der Waals surface area contributed by atoms with Gasteiger partial charge in [0.1, 0.15) is 11.5 Å². The molecule has 0 bridgehead atoms. The maximum atomic E-state index is 13.2. The van der Waals surface area contributed by atoms with Crippen molar-refractivity contribution < 1.29 is 18.8 Å². The van der Waals surface area contributed by atoms with E-state index in [4.69, 9.17) is 21.1 Å². The molecule has 4 rings (SSSR count). The third-order valence-electron chi connectivity index (χ3n) is 8.89. The molecule has 0 saturated carbocycles. The third-order valence-corrected chi connectivity index (χ3v) is 9.12. The molecule has 0 spiro atoms. The van der Waals surface area contributed by atoms with Crippen molar-refractivity contribution in [3.8, 4) is 11.5 Å². The van der Waals surface area contributed by atoms with Gasteiger partial charge in [-0.25, -0.2) is 0 Å². The first-order chi connectivity index (χ1) is 19.7. The average Bonchev–Trinajstić information content (AvgIpc) is 3.26. The highest BCUT2D eigenvalue weighted by atomic mass is 35.5. The van der Waals surface area contributed by atoms with E-state index in [1.165, 1.54) is 63.4 Å². The van der Waals surface area contributed by atoms with Crippen LogP contribution in [0.4, 0.5) is 0 Å². The van der Waals surface area contributed by atoms with Gasteiger partial charge in [0, 0.05) is 28.0 Å². The molecule has 0 amide bonds. The molecule has 0 aromatic heterocycles. The first-order valence-electron chi connectivity index (χ1n) is 16.3. The number of ether oxygens (including phenoxy) is 2. The quantitative estimate of drug-likeness (QED) is 0.126. The summed E-state index contributed by atoms with van der Waals surface area (Å²) in [6.07, 6.45) is 13.9. The van der Waals surface area contributed by atoms with E-state index in [1.54, 1.807) is 0 Å². The Hall–Kier alpha value is -2.04. The molecule has 3 atom stereocenters. The zero-order chi connectivity index (χ0) is 29.9. The molecule has 5 heteroatoms. The van der Waals surface area contributed by atoms with E-state index >= 15 is 0 Å². The van der Waals surface area contributed by atoms with E-state index in [2.05, 4.69) is 38.2 Å². The maximum Gasteiger partial charge on any atom is 0.315 e. The number of esters is 1. The number of carbonyl (C=O) groups is 1. The number of unbranched alkanes of at least 4 members (excludes halogenated alkanes) is 9. The van der Waals surface area contributed by atoms with E-state index < -0.39 is 5.41 Å². The number of likely N-dealkylation sites (N-methyl/N-ethyl adjacent to an activating group) is 1. The Balaban J connectivity index is 0.00000226. The summed E-state index contributed by atoms with van der Waals surface area (Å²) in [7, 11) is 2.21. The summed E-state index contributed by atoms with van der Waals surface area (Å²) in [6.45, 7) is 12.5. The lowest BCUT2D eigenvalue weighted by atomic mass is 9.84. The summed E-state index contributed by atoms with van der Waals surface area (Å²) in [5.74, 6) is 2.26. The summed E-state index contributed by atoms with van der Waals surface area (Å²) >= 11 is 6.43. The third kappa shape index (κ3) is 9.22. The largest absolute Gasteiger partial charge is 0.457 e. The average molecular weight is 585 g/mol. The Morgan fingerprint density at radius 2 is 1.44 bits per heavy atom. The molecule has 0 aliphatic carbocycles. The lowest BCUT2D eigenvalue weighted by Gasteiger charge is -2.31. The van der Waals surface area contributed by atoms with Crippen LogP contribution < -0.4 is 4.74 Å². The number of hydrogen-bond acceptors (Lipinski definition) is 3. The fourth-order valence-electron chi connectivity index (χ4n) is 6.48. The van der Waals surface area contributed by atoms with Gasteiger partial charge in [-0.2, -0.15) is 0 Å². The van der Waals surface area contributed by atoms with Crippen LogP contribution in [0.25, 0.3) is 0 Å². The monoisotopic (exact) mass is 584 g/mol. The fourth-order valence-corrected chi connectivity index (χ4v) is 6.66. The van der Waals surface area contributed by atoms with Crippen LogP contribution >= 0.6 is 11.6 Å². The Morgan fingerprint density at radius 1 is 0.878 bits per heavy atom. The van der Waals surface area contributed by atoms with Crippen LogP contribution in [0.1, 0.15) is 128 Å². The van der Waals surface area contributed by atoms with E-state index in [1.807, 2.05) is 45.9 Å². The topological polar surface area (TPSA) is 35.5 Å². The minimum Gasteiger partial charge on any atom is -0.457 e. The first-order valence-corrected chi connectivity index (χ1v) is 16.7. The van der Waals surface area contributed by atoms with Gasteiger partial charge in [0.2, 0.25) is 6.73 Å². The number of fused-ring (bicyclic) bond motifs is 5. The molecular weight excluding hydrogens is 530 g/mol. The van der Waals surface area contributed by atoms with Crippen molar-refractivity contribution in [3.63, 3.8) is 0 Å². The van der Waals surface area contributed by atoms with Crippen molar-refractivity contribution in [3.05, 3.63) is 58.6 Å². The number of carbonyl (C=O) groups excluding carboxylic acids is 1. The van der Waals surface area contributed by atoms with E-state index in [-0.39, 0.29) is 17.8 Å². The van der Waals surface area contributed by atoms with Crippen LogP contribution in [-0.4, -0.2) is 37.3 Å². The Morgan fingerprint density at radius 3 is 2.10 bits per heavy atom. The molecule has 228 valence electrons. The van der Waals surface area contributed by atoms with Crippen molar-refractivity contribution in [2.45, 2.75) is 117 Å². The van der Waals surface area contributed by atoms with Crippen LogP contribution in [-0.2, 0) is 9.53 Å². The van der Waals surface area contributed by atoms with Gasteiger partial charge in [-0.05, 0) is 44.5 Å². The van der Waals surface area contributed by atoms with Crippen molar-refractivity contribution in [2.24, 2.45) is 5.41 Å². The summed E-state index contributed by atoms with van der Waals surface area (Å²) in [5, 5.41) is 0.725. The molecule has 2 aromatic carbocycles. The fraction of sp³-hybridized carbons (Fsp3) is 0.639. The number of rotatable bonds is 14. The smallest absolute Gasteiger partial charge is 0.315 e. The molecule has 3 unspecified atom stereocenters. The normalized spacial score (nSPS) is 21.0. The number of hydrogen-bond donors (Lipinski definition) is 0. The van der Waals surface area contributed by atoms with Gasteiger partial charge in [0.15, 0.2) is 0 Å². The predicted octanol–water partition coefficient (Wildman–Crippen LogP) is 10.6. The number of nitrogens with zero attached hydrogens (tertiary/aromatic N) is 1. The van der Waals surface area contributed by atoms with Gasteiger partial charge < -0.3 is 9.47 Å². The molecule has 41 heavy (non-hydrogen) atoms. The molecule has 0 N–H and O–H groups in total. The van der Waals surface area contributed by atoms with Crippen molar-refractivity contribution in [2.75, 3.05) is 26.9 Å². The first kappa shape index (κ1) is 33.5. The summed E-state index contributed by atoms with van der Waals surface area (Å²) in [6, 6.07) is 14.3. The molecule has 2 aromatic rings. The molecule has 1 fully saturated rings. The Labute approximate surface area is 255 Å². The second-order valence-electron chi connectivity index (χ2n) is 12.9. The van der Waals surface area contributed by atoms with Gasteiger partial charge >= 0.3 is 5.97 Å². The second kappa shape index (κ2) is 16.0. The van der Waals surface area contributed by atoms with Gasteiger partial charge in [0.25, 0.3) is 0 Å². The maximum absolute atomic E-state index is 13.2. The van der Waals surface area contributed by atoms with E-state index in [0.29, 0.717) is 11.2 Å². The zero-order valence-electron chi connectivity index (χ0n) is 26.6. The van der Waals surface area contributed by atoms with Crippen molar-refractivity contribution in [1.82, 2.24) is 0 Å². The molecule has 1 saturated heterocycles. The predicted molar refractivity (Wildman–Crippen MR) is 172 cm³/mol. The lowest BCUT2D eigenvalue weighted by Crippen LogP contribution is -2.45. The van der Waals surface area contributed by atoms with Gasteiger partial charge in [-0.15, -0.1) is 0 Å². The molecule has 2 aliphatic heterocycles. The van der Waals surface area contributed by atoms with Gasteiger partial charge in [-0.3, -0.25) is 9.28 Å². The highest BCUT2D eigenvalue weighted by Gasteiger charge is 2.48. The van der Waals surface area contributed by atoms with Gasteiger partial charge in [-0.1, -0.05) is 115 Å². The molecule has 4 nitrogen and oxygen atoms in total. The van der Waals surface area contributed by atoms with Crippen molar-refractivity contribution >= 4 is 17.6 Å². The number of quaternary nitrogens is 1. The Bertz CT molecular complexity index is 1100. The number of likely N-dealkylation sites (tertiary alicyclic amines) is 1. The van der Waals surface area contributed by atoms with Crippen molar-refractivity contribution in [1.29, 1.82) is 0 Å². The van der Waals surface area contributed by atoms with Crippen LogP contribution in [0, 0.1) is 5.41 Å². The summed E-state index contributed by atoms with van der Waals surface area (Å²) < 4.78 is 13.1. The highest BCUT2D eigenvalue weighted by molar-refractivity contribution is 6.30. The Kier molecular flexibility index (Phi) is 13.0. The SMILES string of the molecule is CC.CCCCCCCCCCCCC(C)(C)C(=O)OC[N+]1(C)CC2c3ccccc3Oc3ccc(Cl)cc3C2C1. The van der Waals surface area contributed by atoms with Gasteiger partial charge in [0.05, 0.1) is 25.6 Å². The molecule has 2 heterocycles. The number of para-hydroxylation sites is 1. The standard InChI is InChI=1S/C34H49ClNO3.C2H6/c1-5-6-7-8-9-10-11-12-13-16-21-34(2,3)33(37)38-25-36(4)23-29-27-17-14-15-18-31(27)39-32-20-19-26(35)22-28(32)30(29)24-36;1-2/h14-15,17-20,22,29-30H,5-13,16,21,23-25H2,1-4H3;1-2H3/q+1;. The number of halogens is 1. The zero-order valence-corrected chi connectivity index (χ0v) is 27.4. The minimum absolute atomic E-state index is 0.0722. The summed E-state index contributed by atoms with van der Waals surface area (Å²) in [5.41, 5.74) is 1.92. The van der Waals surface area contributed by atoms with E-state index in [9.17, 15) is 4.79 Å². The number of benzene rings is 2. The lowest BCUT2D eigenvalue weighted by molar-refractivity contribution is -0.915. The minimum atomic E-state index is -0.455. The summed E-state index contributed by atoms with van der Waals surface area (Å²) in [4.78, 5) is 13.2.